The number of anilines is 2. The van der Waals surface area contributed by atoms with Crippen LogP contribution in [0, 0.1) is 0 Å². The Morgan fingerprint density at radius 3 is 1.22 bits per heavy atom. The van der Waals surface area contributed by atoms with E-state index in [1.165, 1.54) is 0 Å². The molecule has 16 heteroatoms. The Morgan fingerprint density at radius 1 is 0.478 bits per heavy atom. The molecule has 0 aliphatic carbocycles. The molecule has 0 saturated heterocycles. The SMILES string of the molecule is Nc1ccc2ccccc2c1N=Nc1cc(S(=O)(=O)[O-])cc2c(N=Nc3c(N)ccc4ccccc34)cc(S(=O)(=O)[O-])cc12.[Na+].[Na+]. The summed E-state index contributed by atoms with van der Waals surface area (Å²) >= 11 is 0. The predicted octanol–water partition coefficient (Wildman–Crippen LogP) is 0.958. The van der Waals surface area contributed by atoms with Crippen molar-refractivity contribution in [2.45, 2.75) is 9.79 Å². The summed E-state index contributed by atoms with van der Waals surface area (Å²) in [5.41, 5.74) is 12.9. The molecular weight excluding hydrogens is 650 g/mol. The molecule has 0 radical (unpaired) electrons. The number of benzene rings is 6. The molecule has 6 rings (SSSR count). The minimum absolute atomic E-state index is 0. The molecule has 0 aromatic heterocycles. The van der Waals surface area contributed by atoms with E-state index in [9.17, 15) is 25.9 Å². The first-order valence-electron chi connectivity index (χ1n) is 12.8. The van der Waals surface area contributed by atoms with Crippen molar-refractivity contribution in [3.05, 3.63) is 97.1 Å². The third-order valence-electron chi connectivity index (χ3n) is 6.93. The van der Waals surface area contributed by atoms with Crippen LogP contribution in [0.2, 0.25) is 0 Å². The van der Waals surface area contributed by atoms with Crippen LogP contribution in [0.3, 0.4) is 0 Å². The fraction of sp³-hybridized carbons (Fsp3) is 0. The molecule has 0 bridgehead atoms. The second-order valence-corrected chi connectivity index (χ2v) is 12.5. The summed E-state index contributed by atoms with van der Waals surface area (Å²) in [5.74, 6) is 0. The zero-order valence-corrected chi connectivity index (χ0v) is 30.1. The molecular formula is C30H20N6Na2O6S2. The van der Waals surface area contributed by atoms with E-state index in [4.69, 9.17) is 11.5 Å². The maximum absolute atomic E-state index is 12.2. The third-order valence-corrected chi connectivity index (χ3v) is 8.56. The average Bonchev–Trinajstić information content (AvgIpc) is 2.98. The fourth-order valence-electron chi connectivity index (χ4n) is 4.80. The van der Waals surface area contributed by atoms with Crippen LogP contribution in [0.25, 0.3) is 32.3 Å². The van der Waals surface area contributed by atoms with Gasteiger partial charge in [-0.2, -0.15) is 0 Å². The molecule has 4 N–H and O–H groups in total. The Bertz CT molecular complexity index is 2270. The van der Waals surface area contributed by atoms with Crippen LogP contribution in [-0.4, -0.2) is 25.9 Å². The van der Waals surface area contributed by atoms with Gasteiger partial charge in [-0.25, -0.2) is 16.8 Å². The Kier molecular flexibility index (Phi) is 10.7. The van der Waals surface area contributed by atoms with Gasteiger partial charge in [0.25, 0.3) is 0 Å². The van der Waals surface area contributed by atoms with E-state index in [0.29, 0.717) is 10.8 Å². The number of hydrogen-bond acceptors (Lipinski definition) is 12. The average molecular weight is 671 g/mol. The number of nitrogens with zero attached hydrogens (tertiary/aromatic N) is 4. The van der Waals surface area contributed by atoms with Gasteiger partial charge >= 0.3 is 59.1 Å². The van der Waals surface area contributed by atoms with Crippen molar-refractivity contribution in [2.75, 3.05) is 11.5 Å². The van der Waals surface area contributed by atoms with Gasteiger partial charge in [-0.3, -0.25) is 0 Å². The monoisotopic (exact) mass is 670 g/mol. The summed E-state index contributed by atoms with van der Waals surface area (Å²) in [5, 5.41) is 19.7. The summed E-state index contributed by atoms with van der Waals surface area (Å²) < 4.78 is 73.1. The molecule has 0 amide bonds. The van der Waals surface area contributed by atoms with Crippen molar-refractivity contribution in [2.24, 2.45) is 20.5 Å². The first kappa shape index (κ1) is 35.6. The van der Waals surface area contributed by atoms with Crippen LogP contribution in [0.5, 0.6) is 0 Å². The van der Waals surface area contributed by atoms with Gasteiger partial charge in [0, 0.05) is 21.5 Å². The van der Waals surface area contributed by atoms with Crippen molar-refractivity contribution < 1.29 is 85.1 Å². The van der Waals surface area contributed by atoms with E-state index >= 15 is 0 Å². The Hall–Kier alpha value is -3.28. The third kappa shape index (κ3) is 7.16. The van der Waals surface area contributed by atoms with Crippen molar-refractivity contribution in [3.63, 3.8) is 0 Å². The smallest absolute Gasteiger partial charge is 0.744 e. The Morgan fingerprint density at radius 2 is 0.848 bits per heavy atom. The van der Waals surface area contributed by atoms with Gasteiger partial charge in [0.1, 0.15) is 31.6 Å². The van der Waals surface area contributed by atoms with Gasteiger partial charge in [0.2, 0.25) is 0 Å². The maximum Gasteiger partial charge on any atom is 1.00 e. The first-order valence-corrected chi connectivity index (χ1v) is 15.6. The Balaban J connectivity index is 0.00000240. The van der Waals surface area contributed by atoms with Gasteiger partial charge in [0.05, 0.1) is 32.5 Å². The predicted molar refractivity (Wildman–Crippen MR) is 165 cm³/mol. The standard InChI is InChI=1S/C30H22N6O6S2.2Na/c31-25-11-9-17-5-1-3-7-21(17)29(25)35-33-27-15-19(43(37,38)39)14-24-23(27)13-20(44(40,41)42)16-28(24)34-36-30-22-8-4-2-6-18(22)10-12-26(30)32;;/h1-16H,31-32H2,(H,37,38,39)(H,40,41,42);;/q;2*+1/p-2. The number of hydrogen-bond donors (Lipinski definition) is 2. The molecule has 0 atom stereocenters. The first-order chi connectivity index (χ1) is 20.9. The molecule has 12 nitrogen and oxygen atoms in total. The Labute approximate surface area is 307 Å². The van der Waals surface area contributed by atoms with Crippen molar-refractivity contribution in [1.82, 2.24) is 0 Å². The molecule has 0 fully saturated rings. The summed E-state index contributed by atoms with van der Waals surface area (Å²) in [6.45, 7) is 0. The zero-order chi connectivity index (χ0) is 31.2. The molecule has 6 aromatic rings. The van der Waals surface area contributed by atoms with Crippen LogP contribution >= 0.6 is 0 Å². The van der Waals surface area contributed by atoms with E-state index < -0.39 is 30.0 Å². The molecule has 220 valence electrons. The van der Waals surface area contributed by atoms with Gasteiger partial charge in [0.15, 0.2) is 0 Å². The van der Waals surface area contributed by atoms with E-state index in [1.54, 1.807) is 48.5 Å². The zero-order valence-electron chi connectivity index (χ0n) is 24.4. The second kappa shape index (κ2) is 13.8. The van der Waals surface area contributed by atoms with E-state index in [0.717, 1.165) is 35.0 Å². The molecule has 0 aliphatic rings. The molecule has 6 aromatic carbocycles. The summed E-state index contributed by atoms with van der Waals surface area (Å²) in [6, 6.07) is 25.1. The molecule has 0 aliphatic heterocycles. The summed E-state index contributed by atoms with van der Waals surface area (Å²) in [4.78, 5) is -1.38. The van der Waals surface area contributed by atoms with Crippen molar-refractivity contribution in [1.29, 1.82) is 0 Å². The topological polar surface area (TPSA) is 216 Å². The second-order valence-electron chi connectivity index (χ2n) is 9.74. The van der Waals surface area contributed by atoms with Gasteiger partial charge in [-0.15, -0.1) is 20.5 Å². The number of nitrogens with two attached hydrogens (primary N) is 2. The van der Waals surface area contributed by atoms with E-state index in [-0.39, 0.29) is 104 Å². The number of nitrogen functional groups attached to an aromatic ring is 2. The van der Waals surface area contributed by atoms with Crippen LogP contribution < -0.4 is 70.6 Å². The van der Waals surface area contributed by atoms with Crippen molar-refractivity contribution in [3.8, 4) is 0 Å². The number of azo groups is 2. The van der Waals surface area contributed by atoms with E-state index in [1.807, 2.05) is 24.3 Å². The summed E-state index contributed by atoms with van der Waals surface area (Å²) in [7, 11) is -10.1. The van der Waals surface area contributed by atoms with Gasteiger partial charge in [-0.05, 0) is 47.2 Å². The van der Waals surface area contributed by atoms with Gasteiger partial charge < -0.3 is 20.6 Å². The summed E-state index contributed by atoms with van der Waals surface area (Å²) in [6.07, 6.45) is 0. The molecule has 0 unspecified atom stereocenters. The van der Waals surface area contributed by atoms with E-state index in [2.05, 4.69) is 20.5 Å². The molecule has 46 heavy (non-hydrogen) atoms. The number of rotatable bonds is 6. The molecule has 0 heterocycles. The number of fused-ring (bicyclic) bond motifs is 3. The van der Waals surface area contributed by atoms with Crippen molar-refractivity contribution >= 4 is 86.7 Å². The normalized spacial score (nSPS) is 12.1. The van der Waals surface area contributed by atoms with Gasteiger partial charge in [-0.1, -0.05) is 60.7 Å². The minimum Gasteiger partial charge on any atom is -0.744 e. The quantitative estimate of drug-likeness (QED) is 0.112. The maximum atomic E-state index is 12.2. The van der Waals surface area contributed by atoms with Crippen LogP contribution in [-0.2, 0) is 20.2 Å². The van der Waals surface area contributed by atoms with Crippen LogP contribution in [0.1, 0.15) is 0 Å². The largest absolute Gasteiger partial charge is 1.00 e. The van der Waals surface area contributed by atoms with Crippen LogP contribution in [0.4, 0.5) is 34.1 Å². The minimum atomic E-state index is -5.05. The molecule has 0 saturated carbocycles. The van der Waals surface area contributed by atoms with Crippen LogP contribution in [0.15, 0.2) is 127 Å². The fourth-order valence-corrected chi connectivity index (χ4v) is 5.84. The molecule has 0 spiro atoms.